The van der Waals surface area contributed by atoms with E-state index in [1.807, 2.05) is 18.2 Å². The van der Waals surface area contributed by atoms with Gasteiger partial charge >= 0.3 is 0 Å². The van der Waals surface area contributed by atoms with Crippen LogP contribution in [0.15, 0.2) is 42.5 Å². The molecule has 0 amide bonds. The minimum absolute atomic E-state index is 0.178. The molecule has 0 bridgehead atoms. The third-order valence-electron chi connectivity index (χ3n) is 4.19. The van der Waals surface area contributed by atoms with Gasteiger partial charge in [-0.25, -0.2) is 0 Å². The summed E-state index contributed by atoms with van der Waals surface area (Å²) in [5, 5.41) is 14.4. The summed E-state index contributed by atoms with van der Waals surface area (Å²) < 4.78 is 0. The number of hydrogen-bond donors (Lipinski definition) is 1. The van der Waals surface area contributed by atoms with Crippen LogP contribution >= 0.6 is 0 Å². The lowest BCUT2D eigenvalue weighted by atomic mass is 9.95. The SMILES string of the molecule is O=[N+]([O-])c1ccc2c(c1)C1Cc3ccccc3C1N2. The van der Waals surface area contributed by atoms with E-state index in [4.69, 9.17) is 0 Å². The standard InChI is InChI=1S/C15H12N2O2/c18-17(19)10-5-6-14-12(8-10)13-7-9-3-1-2-4-11(9)15(13)16-14/h1-6,8,13,15-16H,7H2. The predicted octanol–water partition coefficient (Wildman–Crippen LogP) is 3.40. The van der Waals surface area contributed by atoms with E-state index < -0.39 is 0 Å². The summed E-state index contributed by atoms with van der Waals surface area (Å²) in [5.41, 5.74) is 4.97. The fourth-order valence-corrected chi connectivity index (χ4v) is 3.33. The summed E-state index contributed by atoms with van der Waals surface area (Å²) >= 11 is 0. The average Bonchev–Trinajstić information content (AvgIpc) is 2.94. The first-order valence-electron chi connectivity index (χ1n) is 6.37. The van der Waals surface area contributed by atoms with Crippen molar-refractivity contribution in [2.24, 2.45) is 0 Å². The highest BCUT2D eigenvalue weighted by molar-refractivity contribution is 5.66. The van der Waals surface area contributed by atoms with Gasteiger partial charge < -0.3 is 5.32 Å². The fraction of sp³-hybridized carbons (Fsp3) is 0.200. The molecule has 0 aromatic heterocycles. The zero-order chi connectivity index (χ0) is 13.0. The van der Waals surface area contributed by atoms with E-state index in [1.165, 1.54) is 11.1 Å². The molecule has 0 fully saturated rings. The maximum atomic E-state index is 10.9. The molecular formula is C15H12N2O2. The largest absolute Gasteiger partial charge is 0.377 e. The molecule has 0 radical (unpaired) electrons. The van der Waals surface area contributed by atoms with Gasteiger partial charge in [0, 0.05) is 23.7 Å². The van der Waals surface area contributed by atoms with Gasteiger partial charge in [-0.1, -0.05) is 24.3 Å². The molecule has 1 N–H and O–H groups in total. The molecular weight excluding hydrogens is 240 g/mol. The Bertz CT molecular complexity index is 696. The maximum absolute atomic E-state index is 10.9. The second-order valence-electron chi connectivity index (χ2n) is 5.16. The molecule has 2 atom stereocenters. The summed E-state index contributed by atoms with van der Waals surface area (Å²) in [6, 6.07) is 13.8. The molecule has 2 aliphatic rings. The molecule has 0 saturated carbocycles. The Kier molecular flexibility index (Phi) is 1.98. The number of nitro groups is 1. The minimum Gasteiger partial charge on any atom is -0.377 e. The van der Waals surface area contributed by atoms with E-state index in [2.05, 4.69) is 17.4 Å². The van der Waals surface area contributed by atoms with Gasteiger partial charge in [0.15, 0.2) is 0 Å². The Morgan fingerprint density at radius 2 is 2.00 bits per heavy atom. The molecule has 1 aliphatic heterocycles. The third kappa shape index (κ3) is 1.40. The monoisotopic (exact) mass is 252 g/mol. The lowest BCUT2D eigenvalue weighted by Gasteiger charge is -2.11. The van der Waals surface area contributed by atoms with Crippen molar-refractivity contribution >= 4 is 11.4 Å². The van der Waals surface area contributed by atoms with Crippen LogP contribution in [0.25, 0.3) is 0 Å². The number of fused-ring (bicyclic) bond motifs is 5. The molecule has 2 aromatic carbocycles. The molecule has 1 aliphatic carbocycles. The second kappa shape index (κ2) is 3.57. The van der Waals surface area contributed by atoms with Crippen LogP contribution in [0.3, 0.4) is 0 Å². The number of nitrogens with zero attached hydrogens (tertiary/aromatic N) is 1. The van der Waals surface area contributed by atoms with Crippen LogP contribution in [0.4, 0.5) is 11.4 Å². The van der Waals surface area contributed by atoms with E-state index in [0.717, 1.165) is 17.7 Å². The highest BCUT2D eigenvalue weighted by Crippen LogP contribution is 2.51. The predicted molar refractivity (Wildman–Crippen MR) is 72.3 cm³/mol. The second-order valence-corrected chi connectivity index (χ2v) is 5.16. The summed E-state index contributed by atoms with van der Waals surface area (Å²) in [7, 11) is 0. The van der Waals surface area contributed by atoms with Gasteiger partial charge in [0.2, 0.25) is 0 Å². The molecule has 2 unspecified atom stereocenters. The number of non-ortho nitro benzene ring substituents is 1. The lowest BCUT2D eigenvalue weighted by molar-refractivity contribution is -0.384. The van der Waals surface area contributed by atoms with Gasteiger partial charge in [0.25, 0.3) is 5.69 Å². The van der Waals surface area contributed by atoms with Crippen molar-refractivity contribution in [2.75, 3.05) is 5.32 Å². The molecule has 4 rings (SSSR count). The molecule has 19 heavy (non-hydrogen) atoms. The minimum atomic E-state index is -0.324. The van der Waals surface area contributed by atoms with Crippen LogP contribution in [0.5, 0.6) is 0 Å². The van der Waals surface area contributed by atoms with Crippen molar-refractivity contribution in [1.82, 2.24) is 0 Å². The first-order chi connectivity index (χ1) is 9.24. The Morgan fingerprint density at radius 3 is 2.84 bits per heavy atom. The van der Waals surface area contributed by atoms with E-state index in [1.54, 1.807) is 12.1 Å². The number of rotatable bonds is 1. The van der Waals surface area contributed by atoms with E-state index in [9.17, 15) is 10.1 Å². The molecule has 94 valence electrons. The van der Waals surface area contributed by atoms with Crippen molar-refractivity contribution in [2.45, 2.75) is 18.4 Å². The number of anilines is 1. The molecule has 0 saturated heterocycles. The van der Waals surface area contributed by atoms with Crippen molar-refractivity contribution in [3.05, 3.63) is 69.3 Å². The Morgan fingerprint density at radius 1 is 1.16 bits per heavy atom. The van der Waals surface area contributed by atoms with Gasteiger partial charge in [0.1, 0.15) is 0 Å². The van der Waals surface area contributed by atoms with Gasteiger partial charge in [-0.05, 0) is 29.2 Å². The summed E-state index contributed by atoms with van der Waals surface area (Å²) in [4.78, 5) is 10.6. The quantitative estimate of drug-likeness (QED) is 0.625. The Hall–Kier alpha value is -2.36. The molecule has 2 aromatic rings. The molecule has 0 spiro atoms. The fourth-order valence-electron chi connectivity index (χ4n) is 3.33. The number of nitrogens with one attached hydrogen (secondary N) is 1. The third-order valence-corrected chi connectivity index (χ3v) is 4.19. The van der Waals surface area contributed by atoms with Crippen LogP contribution in [-0.4, -0.2) is 4.92 Å². The van der Waals surface area contributed by atoms with Crippen LogP contribution in [0.1, 0.15) is 28.7 Å². The summed E-state index contributed by atoms with van der Waals surface area (Å²) in [6.07, 6.45) is 0.960. The zero-order valence-corrected chi connectivity index (χ0v) is 10.2. The van der Waals surface area contributed by atoms with E-state index in [0.29, 0.717) is 5.92 Å². The van der Waals surface area contributed by atoms with Crippen molar-refractivity contribution in [3.63, 3.8) is 0 Å². The van der Waals surface area contributed by atoms with Gasteiger partial charge in [-0.15, -0.1) is 0 Å². The average molecular weight is 252 g/mol. The van der Waals surface area contributed by atoms with E-state index in [-0.39, 0.29) is 16.7 Å². The first-order valence-corrected chi connectivity index (χ1v) is 6.37. The molecule has 4 nitrogen and oxygen atoms in total. The molecule has 4 heteroatoms. The Balaban J connectivity index is 1.81. The van der Waals surface area contributed by atoms with Gasteiger partial charge in [0.05, 0.1) is 11.0 Å². The summed E-state index contributed by atoms with van der Waals surface area (Å²) in [5.74, 6) is 0.326. The highest BCUT2D eigenvalue weighted by atomic mass is 16.6. The summed E-state index contributed by atoms with van der Waals surface area (Å²) in [6.45, 7) is 0. The lowest BCUT2D eigenvalue weighted by Crippen LogP contribution is -2.05. The van der Waals surface area contributed by atoms with Crippen LogP contribution < -0.4 is 5.32 Å². The smallest absolute Gasteiger partial charge is 0.269 e. The topological polar surface area (TPSA) is 55.2 Å². The first kappa shape index (κ1) is 10.6. The van der Waals surface area contributed by atoms with Gasteiger partial charge in [-0.3, -0.25) is 10.1 Å². The van der Waals surface area contributed by atoms with E-state index >= 15 is 0 Å². The van der Waals surface area contributed by atoms with Crippen molar-refractivity contribution in [3.8, 4) is 0 Å². The highest BCUT2D eigenvalue weighted by Gasteiger charge is 2.39. The van der Waals surface area contributed by atoms with Crippen LogP contribution in [-0.2, 0) is 6.42 Å². The zero-order valence-electron chi connectivity index (χ0n) is 10.2. The van der Waals surface area contributed by atoms with Crippen LogP contribution in [0, 0.1) is 10.1 Å². The van der Waals surface area contributed by atoms with Crippen molar-refractivity contribution < 1.29 is 4.92 Å². The number of hydrogen-bond acceptors (Lipinski definition) is 3. The van der Waals surface area contributed by atoms with Crippen molar-refractivity contribution in [1.29, 1.82) is 0 Å². The number of nitro benzene ring substituents is 1. The van der Waals surface area contributed by atoms with Crippen LogP contribution in [0.2, 0.25) is 0 Å². The maximum Gasteiger partial charge on any atom is 0.269 e. The Labute approximate surface area is 110 Å². The molecule has 1 heterocycles. The van der Waals surface area contributed by atoms with Gasteiger partial charge in [-0.2, -0.15) is 0 Å². The normalized spacial score (nSPS) is 22.3. The number of benzene rings is 2.